The molecule has 2 N–H and O–H groups in total. The van der Waals surface area contributed by atoms with Gasteiger partial charge in [-0.25, -0.2) is 0 Å². The Balaban J connectivity index is 1.93. The summed E-state index contributed by atoms with van der Waals surface area (Å²) in [5.41, 5.74) is 10.3. The van der Waals surface area contributed by atoms with Crippen molar-refractivity contribution in [2.75, 3.05) is 6.54 Å². The zero-order valence-corrected chi connectivity index (χ0v) is 16.2. The quantitative estimate of drug-likeness (QED) is 0.454. The summed E-state index contributed by atoms with van der Waals surface area (Å²) in [6.45, 7) is 0.776. The molecule has 0 aliphatic carbocycles. The molecule has 0 amide bonds. The molecule has 3 aromatic rings. The average molecular weight is 358 g/mol. The van der Waals surface area contributed by atoms with E-state index in [2.05, 4.69) is 91.0 Å². The summed E-state index contributed by atoms with van der Waals surface area (Å²) >= 11 is 0. The third-order valence-electron chi connectivity index (χ3n) is 5.43. The van der Waals surface area contributed by atoms with E-state index in [1.54, 1.807) is 0 Å². The van der Waals surface area contributed by atoms with Crippen molar-refractivity contribution in [3.8, 4) is 0 Å². The summed E-state index contributed by atoms with van der Waals surface area (Å²) in [4.78, 5) is 0. The lowest BCUT2D eigenvalue weighted by atomic mass is 9.69. The molecule has 0 unspecified atom stereocenters. The van der Waals surface area contributed by atoms with E-state index in [4.69, 9.17) is 5.73 Å². The lowest BCUT2D eigenvalue weighted by molar-refractivity contribution is 0.245. The maximum absolute atomic E-state index is 5.82. The molecule has 0 radical (unpaired) electrons. The zero-order chi connectivity index (χ0) is 18.8. The van der Waals surface area contributed by atoms with Gasteiger partial charge in [-0.15, -0.1) is 0 Å². The van der Waals surface area contributed by atoms with Crippen molar-refractivity contribution in [1.82, 2.24) is 0 Å². The van der Waals surface area contributed by atoms with Crippen LogP contribution >= 0.6 is 0 Å². The van der Waals surface area contributed by atoms with Crippen LogP contribution in [-0.2, 0) is 19.3 Å². The third-order valence-corrected chi connectivity index (χ3v) is 5.43. The van der Waals surface area contributed by atoms with Crippen LogP contribution in [0.25, 0.3) is 0 Å². The summed E-state index contributed by atoms with van der Waals surface area (Å²) in [6, 6.07) is 32.9. The summed E-state index contributed by atoms with van der Waals surface area (Å²) in [6.07, 6.45) is 6.78. The van der Waals surface area contributed by atoms with E-state index < -0.39 is 0 Å². The van der Waals surface area contributed by atoms with Gasteiger partial charge >= 0.3 is 0 Å². The average Bonchev–Trinajstić information content (AvgIpc) is 2.70. The number of benzene rings is 3. The van der Waals surface area contributed by atoms with Crippen LogP contribution in [0.4, 0.5) is 0 Å². The first kappa shape index (κ1) is 19.4. The molecular weight excluding hydrogens is 326 g/mol. The summed E-state index contributed by atoms with van der Waals surface area (Å²) in [5, 5.41) is 0. The molecule has 0 aromatic heterocycles. The van der Waals surface area contributed by atoms with E-state index in [1.165, 1.54) is 29.5 Å². The second-order valence-corrected chi connectivity index (χ2v) is 7.73. The van der Waals surface area contributed by atoms with Gasteiger partial charge in [0.25, 0.3) is 0 Å². The van der Waals surface area contributed by atoms with E-state index in [9.17, 15) is 0 Å². The number of hydrogen-bond donors (Lipinski definition) is 1. The largest absolute Gasteiger partial charge is 0.330 e. The number of hydrogen-bond acceptors (Lipinski definition) is 1. The van der Waals surface area contributed by atoms with Crippen LogP contribution in [0.1, 0.15) is 36.0 Å². The normalized spacial score (nSPS) is 11.4. The van der Waals surface area contributed by atoms with Crippen LogP contribution in [0, 0.1) is 5.41 Å². The van der Waals surface area contributed by atoms with Crippen LogP contribution in [0.2, 0.25) is 0 Å². The molecule has 3 aromatic carbocycles. The smallest absolute Gasteiger partial charge is 0.00773 e. The minimum absolute atomic E-state index is 0.208. The Morgan fingerprint density at radius 2 is 0.889 bits per heavy atom. The molecule has 3 rings (SSSR count). The molecule has 27 heavy (non-hydrogen) atoms. The minimum atomic E-state index is 0.208. The molecule has 0 spiro atoms. The maximum atomic E-state index is 5.82. The predicted molar refractivity (Wildman–Crippen MR) is 116 cm³/mol. The minimum Gasteiger partial charge on any atom is -0.330 e. The van der Waals surface area contributed by atoms with Crippen molar-refractivity contribution in [1.29, 1.82) is 0 Å². The Bertz CT molecular complexity index is 664. The maximum Gasteiger partial charge on any atom is -0.00773 e. The van der Waals surface area contributed by atoms with E-state index in [0.29, 0.717) is 0 Å². The Morgan fingerprint density at radius 3 is 1.22 bits per heavy atom. The molecule has 0 atom stereocenters. The lowest BCUT2D eigenvalue weighted by Gasteiger charge is -2.35. The highest BCUT2D eigenvalue weighted by Crippen LogP contribution is 2.37. The fraction of sp³-hybridized carbons (Fsp3) is 0.308. The zero-order valence-electron chi connectivity index (χ0n) is 16.2. The second-order valence-electron chi connectivity index (χ2n) is 7.73. The number of unbranched alkanes of at least 4 members (excludes halogenated alkanes) is 1. The lowest BCUT2D eigenvalue weighted by Crippen LogP contribution is -2.30. The summed E-state index contributed by atoms with van der Waals surface area (Å²) in [5.74, 6) is 0. The van der Waals surface area contributed by atoms with Crippen molar-refractivity contribution < 1.29 is 0 Å². The van der Waals surface area contributed by atoms with Gasteiger partial charge in [0.15, 0.2) is 0 Å². The third kappa shape index (κ3) is 6.08. The standard InChI is InChI=1S/C26H31N/c27-19-11-10-18-26(20-23-12-4-1-5-13-23,21-24-14-6-2-7-15-24)22-25-16-8-3-9-17-25/h1-9,12-17H,10-11,18-22,27H2. The van der Waals surface area contributed by atoms with E-state index >= 15 is 0 Å². The highest BCUT2D eigenvalue weighted by atomic mass is 14.5. The van der Waals surface area contributed by atoms with Crippen LogP contribution in [0.5, 0.6) is 0 Å². The number of nitrogens with two attached hydrogens (primary N) is 1. The van der Waals surface area contributed by atoms with Crippen molar-refractivity contribution in [3.05, 3.63) is 108 Å². The van der Waals surface area contributed by atoms with E-state index in [1.807, 2.05) is 0 Å². The van der Waals surface area contributed by atoms with Crippen molar-refractivity contribution >= 4 is 0 Å². The van der Waals surface area contributed by atoms with E-state index in [-0.39, 0.29) is 5.41 Å². The Labute approximate surface area is 164 Å². The first-order chi connectivity index (χ1) is 13.3. The molecular formula is C26H31N. The molecule has 0 aliphatic rings. The molecule has 1 heteroatoms. The van der Waals surface area contributed by atoms with Crippen molar-refractivity contribution in [3.63, 3.8) is 0 Å². The Hall–Kier alpha value is -2.38. The monoisotopic (exact) mass is 357 g/mol. The van der Waals surface area contributed by atoms with Gasteiger partial charge < -0.3 is 5.73 Å². The van der Waals surface area contributed by atoms with Crippen LogP contribution in [0.15, 0.2) is 91.0 Å². The first-order valence-electron chi connectivity index (χ1n) is 10.1. The summed E-state index contributed by atoms with van der Waals surface area (Å²) in [7, 11) is 0. The van der Waals surface area contributed by atoms with Crippen LogP contribution < -0.4 is 5.73 Å². The fourth-order valence-electron chi connectivity index (χ4n) is 4.18. The molecule has 0 saturated carbocycles. The molecule has 140 valence electrons. The SMILES string of the molecule is NCCCCC(Cc1ccccc1)(Cc1ccccc1)Cc1ccccc1. The molecule has 0 heterocycles. The van der Waals surface area contributed by atoms with Gasteiger partial charge in [-0.1, -0.05) is 97.4 Å². The van der Waals surface area contributed by atoms with Crippen molar-refractivity contribution in [2.24, 2.45) is 11.1 Å². The van der Waals surface area contributed by atoms with Gasteiger partial charge in [0.2, 0.25) is 0 Å². The topological polar surface area (TPSA) is 26.0 Å². The molecule has 0 bridgehead atoms. The summed E-state index contributed by atoms with van der Waals surface area (Å²) < 4.78 is 0. The molecule has 0 fully saturated rings. The molecule has 0 saturated heterocycles. The van der Waals surface area contributed by atoms with Gasteiger partial charge in [-0.2, -0.15) is 0 Å². The highest BCUT2D eigenvalue weighted by molar-refractivity contribution is 5.24. The second kappa shape index (κ2) is 10.1. The number of rotatable bonds is 10. The fourth-order valence-corrected chi connectivity index (χ4v) is 4.18. The molecule has 0 aliphatic heterocycles. The van der Waals surface area contributed by atoms with Gasteiger partial charge in [0.1, 0.15) is 0 Å². The molecule has 1 nitrogen and oxygen atoms in total. The van der Waals surface area contributed by atoms with Gasteiger partial charge in [0.05, 0.1) is 0 Å². The van der Waals surface area contributed by atoms with E-state index in [0.717, 1.165) is 32.2 Å². The predicted octanol–water partition coefficient (Wildman–Crippen LogP) is 5.83. The van der Waals surface area contributed by atoms with Crippen molar-refractivity contribution in [2.45, 2.75) is 38.5 Å². The van der Waals surface area contributed by atoms with Gasteiger partial charge in [-0.3, -0.25) is 0 Å². The first-order valence-corrected chi connectivity index (χ1v) is 10.1. The Kier molecular flexibility index (Phi) is 7.24. The van der Waals surface area contributed by atoms with Crippen LogP contribution in [-0.4, -0.2) is 6.54 Å². The Morgan fingerprint density at radius 1 is 0.519 bits per heavy atom. The van der Waals surface area contributed by atoms with Gasteiger partial charge in [0, 0.05) is 0 Å². The van der Waals surface area contributed by atoms with Crippen LogP contribution in [0.3, 0.4) is 0 Å². The van der Waals surface area contributed by atoms with Gasteiger partial charge in [-0.05, 0) is 60.8 Å². The highest BCUT2D eigenvalue weighted by Gasteiger charge is 2.30.